The first kappa shape index (κ1) is 12.7. The summed E-state index contributed by atoms with van der Waals surface area (Å²) in [7, 11) is 1.51. The first-order valence-electron chi connectivity index (χ1n) is 5.40. The summed E-state index contributed by atoms with van der Waals surface area (Å²) in [5.41, 5.74) is 0.428. The number of methoxy groups -OCH3 is 1. The molecule has 0 bridgehead atoms. The van der Waals surface area contributed by atoms with Crippen molar-refractivity contribution in [3.8, 4) is 5.75 Å². The van der Waals surface area contributed by atoms with Gasteiger partial charge in [0.05, 0.1) is 29.7 Å². The molecule has 1 aromatic rings. The van der Waals surface area contributed by atoms with Crippen LogP contribution in [0.25, 0.3) is 0 Å². The maximum atomic E-state index is 11.8. The van der Waals surface area contributed by atoms with E-state index in [2.05, 4.69) is 5.32 Å². The predicted octanol–water partition coefficient (Wildman–Crippen LogP) is 2.01. The van der Waals surface area contributed by atoms with Crippen molar-refractivity contribution in [2.24, 2.45) is 11.8 Å². The summed E-state index contributed by atoms with van der Waals surface area (Å²) < 4.78 is 5.02. The van der Waals surface area contributed by atoms with Gasteiger partial charge in [0.25, 0.3) is 0 Å². The lowest BCUT2D eigenvalue weighted by atomic mass is 10.2. The van der Waals surface area contributed by atoms with Crippen molar-refractivity contribution in [1.82, 2.24) is 0 Å². The molecule has 1 saturated carbocycles. The number of carbonyl (C=O) groups excluding carboxylic acids is 1. The van der Waals surface area contributed by atoms with Crippen LogP contribution in [0, 0.1) is 11.8 Å². The summed E-state index contributed by atoms with van der Waals surface area (Å²) in [6.45, 7) is 0. The van der Waals surface area contributed by atoms with E-state index in [0.29, 0.717) is 22.9 Å². The zero-order valence-corrected chi connectivity index (χ0v) is 10.4. The van der Waals surface area contributed by atoms with Gasteiger partial charge in [0, 0.05) is 6.07 Å². The van der Waals surface area contributed by atoms with Gasteiger partial charge in [-0.1, -0.05) is 11.6 Å². The third-order valence-corrected chi connectivity index (χ3v) is 3.21. The number of amides is 1. The number of halogens is 1. The molecule has 1 fully saturated rings. The number of hydrogen-bond donors (Lipinski definition) is 2. The number of nitrogens with one attached hydrogen (secondary N) is 1. The van der Waals surface area contributed by atoms with Crippen molar-refractivity contribution in [3.05, 3.63) is 23.2 Å². The molecule has 0 heterocycles. The molecule has 0 aliphatic heterocycles. The number of aliphatic carboxylic acids is 1. The lowest BCUT2D eigenvalue weighted by Crippen LogP contribution is -2.17. The molecule has 0 radical (unpaired) electrons. The van der Waals surface area contributed by atoms with E-state index in [1.165, 1.54) is 7.11 Å². The summed E-state index contributed by atoms with van der Waals surface area (Å²) in [5, 5.41) is 11.8. The zero-order valence-electron chi connectivity index (χ0n) is 9.64. The maximum Gasteiger partial charge on any atom is 0.307 e. The Morgan fingerprint density at radius 2 is 2.17 bits per heavy atom. The summed E-state index contributed by atoms with van der Waals surface area (Å²) in [6, 6.07) is 4.88. The van der Waals surface area contributed by atoms with Crippen LogP contribution in [0.2, 0.25) is 5.02 Å². The molecule has 1 aromatic carbocycles. The smallest absolute Gasteiger partial charge is 0.307 e. The third kappa shape index (κ3) is 2.56. The highest BCUT2D eigenvalue weighted by atomic mass is 35.5. The van der Waals surface area contributed by atoms with Crippen LogP contribution < -0.4 is 10.1 Å². The highest BCUT2D eigenvalue weighted by molar-refractivity contribution is 6.33. The van der Waals surface area contributed by atoms with Crippen LogP contribution in [-0.2, 0) is 9.59 Å². The van der Waals surface area contributed by atoms with Gasteiger partial charge in [0.15, 0.2) is 0 Å². The molecule has 0 aromatic heterocycles. The first-order chi connectivity index (χ1) is 8.52. The van der Waals surface area contributed by atoms with E-state index in [-0.39, 0.29) is 5.91 Å². The second kappa shape index (κ2) is 4.86. The van der Waals surface area contributed by atoms with Crippen LogP contribution >= 0.6 is 11.6 Å². The largest absolute Gasteiger partial charge is 0.497 e. The predicted molar refractivity (Wildman–Crippen MR) is 65.9 cm³/mol. The minimum absolute atomic E-state index is 0.322. The Morgan fingerprint density at radius 1 is 1.44 bits per heavy atom. The van der Waals surface area contributed by atoms with E-state index in [1.54, 1.807) is 18.2 Å². The molecule has 18 heavy (non-hydrogen) atoms. The van der Waals surface area contributed by atoms with Gasteiger partial charge in [-0.15, -0.1) is 0 Å². The fourth-order valence-electron chi connectivity index (χ4n) is 1.71. The number of rotatable bonds is 4. The normalized spacial score (nSPS) is 21.2. The summed E-state index contributed by atoms with van der Waals surface area (Å²) in [4.78, 5) is 22.4. The Kier molecular flexibility index (Phi) is 3.43. The highest BCUT2D eigenvalue weighted by Crippen LogP contribution is 2.40. The van der Waals surface area contributed by atoms with Crippen LogP contribution in [0.3, 0.4) is 0 Å². The average Bonchev–Trinajstić information content (AvgIpc) is 3.12. The lowest BCUT2D eigenvalue weighted by molar-refractivity contribution is -0.139. The second-order valence-electron chi connectivity index (χ2n) is 4.12. The highest BCUT2D eigenvalue weighted by Gasteiger charge is 2.48. The number of carbonyl (C=O) groups is 2. The topological polar surface area (TPSA) is 75.6 Å². The molecule has 2 unspecified atom stereocenters. The molecule has 2 N–H and O–H groups in total. The Hall–Kier alpha value is -1.75. The number of hydrogen-bond acceptors (Lipinski definition) is 3. The Morgan fingerprint density at radius 3 is 2.72 bits per heavy atom. The summed E-state index contributed by atoms with van der Waals surface area (Å²) in [6.07, 6.45) is 0.378. The molecule has 6 heteroatoms. The van der Waals surface area contributed by atoms with Crippen molar-refractivity contribution < 1.29 is 19.4 Å². The standard InChI is InChI=1S/C12H12ClNO4/c1-18-6-2-3-9(13)10(4-6)14-11(15)7-5-8(7)12(16)17/h2-4,7-8H,5H2,1H3,(H,14,15)(H,16,17). The van der Waals surface area contributed by atoms with Crippen molar-refractivity contribution in [2.45, 2.75) is 6.42 Å². The van der Waals surface area contributed by atoms with Crippen LogP contribution in [0.4, 0.5) is 5.69 Å². The van der Waals surface area contributed by atoms with E-state index in [1.807, 2.05) is 0 Å². The van der Waals surface area contributed by atoms with Crippen LogP contribution in [-0.4, -0.2) is 24.1 Å². The molecular formula is C12H12ClNO4. The Bertz CT molecular complexity index is 503. The number of benzene rings is 1. The van der Waals surface area contributed by atoms with E-state index >= 15 is 0 Å². The summed E-state index contributed by atoms with van der Waals surface area (Å²) in [5.74, 6) is -1.73. The number of carboxylic acids is 1. The fourth-order valence-corrected chi connectivity index (χ4v) is 1.88. The molecular weight excluding hydrogens is 258 g/mol. The van der Waals surface area contributed by atoms with Gasteiger partial charge in [-0.3, -0.25) is 9.59 Å². The maximum absolute atomic E-state index is 11.8. The molecule has 2 atom stereocenters. The van der Waals surface area contributed by atoms with E-state index in [4.69, 9.17) is 21.4 Å². The van der Waals surface area contributed by atoms with Crippen molar-refractivity contribution >= 4 is 29.2 Å². The van der Waals surface area contributed by atoms with Crippen molar-refractivity contribution in [3.63, 3.8) is 0 Å². The quantitative estimate of drug-likeness (QED) is 0.877. The van der Waals surface area contributed by atoms with Gasteiger partial charge in [0.2, 0.25) is 5.91 Å². The number of carboxylic acid groups (broad SMARTS) is 1. The molecule has 2 rings (SSSR count). The minimum atomic E-state index is -0.938. The van der Waals surface area contributed by atoms with Gasteiger partial charge in [-0.25, -0.2) is 0 Å². The van der Waals surface area contributed by atoms with Gasteiger partial charge in [0.1, 0.15) is 5.75 Å². The first-order valence-corrected chi connectivity index (χ1v) is 5.78. The van der Waals surface area contributed by atoms with Crippen molar-refractivity contribution in [2.75, 3.05) is 12.4 Å². The number of ether oxygens (including phenoxy) is 1. The molecule has 1 amide bonds. The SMILES string of the molecule is COc1ccc(Cl)c(NC(=O)C2CC2C(=O)O)c1. The fraction of sp³-hybridized carbons (Fsp3) is 0.333. The average molecular weight is 270 g/mol. The van der Waals surface area contributed by atoms with Gasteiger partial charge in [-0.05, 0) is 18.6 Å². The van der Waals surface area contributed by atoms with Gasteiger partial charge in [-0.2, -0.15) is 0 Å². The van der Waals surface area contributed by atoms with E-state index in [0.717, 1.165) is 0 Å². The molecule has 1 aliphatic carbocycles. The second-order valence-corrected chi connectivity index (χ2v) is 4.53. The monoisotopic (exact) mass is 269 g/mol. The lowest BCUT2D eigenvalue weighted by Gasteiger charge is -2.08. The van der Waals surface area contributed by atoms with Crippen LogP contribution in [0.5, 0.6) is 5.75 Å². The summed E-state index contributed by atoms with van der Waals surface area (Å²) >= 11 is 5.93. The molecule has 96 valence electrons. The Balaban J connectivity index is 2.06. The third-order valence-electron chi connectivity index (χ3n) is 2.88. The van der Waals surface area contributed by atoms with E-state index in [9.17, 15) is 9.59 Å². The van der Waals surface area contributed by atoms with Gasteiger partial charge < -0.3 is 15.2 Å². The van der Waals surface area contributed by atoms with Crippen LogP contribution in [0.15, 0.2) is 18.2 Å². The van der Waals surface area contributed by atoms with Crippen LogP contribution in [0.1, 0.15) is 6.42 Å². The molecule has 5 nitrogen and oxygen atoms in total. The molecule has 0 saturated heterocycles. The van der Waals surface area contributed by atoms with Crippen molar-refractivity contribution in [1.29, 1.82) is 0 Å². The zero-order chi connectivity index (χ0) is 13.3. The minimum Gasteiger partial charge on any atom is -0.497 e. The Labute approximate surface area is 109 Å². The van der Waals surface area contributed by atoms with E-state index < -0.39 is 17.8 Å². The molecule has 0 spiro atoms. The molecule has 1 aliphatic rings. The number of anilines is 1. The van der Waals surface area contributed by atoms with Gasteiger partial charge >= 0.3 is 5.97 Å².